The van der Waals surface area contributed by atoms with Gasteiger partial charge in [-0.05, 0) is 56.1 Å². The van der Waals surface area contributed by atoms with Gasteiger partial charge >= 0.3 is 0 Å². The average Bonchev–Trinajstić information content (AvgIpc) is 2.37. The lowest BCUT2D eigenvalue weighted by Crippen LogP contribution is -2.21. The highest BCUT2D eigenvalue weighted by molar-refractivity contribution is 5.28. The average molecular weight is 258 g/mol. The molecule has 1 aromatic heterocycles. The molecule has 0 spiro atoms. The predicted molar refractivity (Wildman–Crippen MR) is 75.6 cm³/mol. The third-order valence-electron chi connectivity index (χ3n) is 3.26. The van der Waals surface area contributed by atoms with Crippen molar-refractivity contribution >= 4 is 0 Å². The fraction of sp³-hybridized carbons (Fsp3) is 0.312. The zero-order valence-electron chi connectivity index (χ0n) is 11.6. The molecule has 1 aromatic carbocycles. The number of halogens is 1. The number of nitrogens with one attached hydrogen (secondary N) is 1. The Hall–Kier alpha value is -1.74. The van der Waals surface area contributed by atoms with Crippen molar-refractivity contribution in [3.8, 4) is 0 Å². The monoisotopic (exact) mass is 258 g/mol. The van der Waals surface area contributed by atoms with E-state index in [0.29, 0.717) is 0 Å². The Kier molecular flexibility index (Phi) is 4.27. The van der Waals surface area contributed by atoms with Crippen LogP contribution in [0.4, 0.5) is 4.39 Å². The van der Waals surface area contributed by atoms with Crippen molar-refractivity contribution in [3.63, 3.8) is 0 Å². The molecule has 0 saturated heterocycles. The van der Waals surface area contributed by atoms with E-state index in [0.717, 1.165) is 28.8 Å². The highest BCUT2D eigenvalue weighted by Gasteiger charge is 2.14. The third-order valence-corrected chi connectivity index (χ3v) is 3.26. The highest BCUT2D eigenvalue weighted by atomic mass is 19.1. The van der Waals surface area contributed by atoms with E-state index in [1.165, 1.54) is 6.07 Å². The second-order valence-corrected chi connectivity index (χ2v) is 4.89. The molecule has 2 aromatic rings. The van der Waals surface area contributed by atoms with Gasteiger partial charge in [-0.1, -0.05) is 18.2 Å². The van der Waals surface area contributed by atoms with Crippen molar-refractivity contribution in [1.29, 1.82) is 0 Å². The lowest BCUT2D eigenvalue weighted by atomic mass is 9.99. The number of pyridine rings is 1. The predicted octanol–water partition coefficient (Wildman–Crippen LogP) is 3.34. The smallest absolute Gasteiger partial charge is 0.123 e. The fourth-order valence-corrected chi connectivity index (χ4v) is 2.33. The van der Waals surface area contributed by atoms with E-state index in [1.807, 2.05) is 26.2 Å². The molecule has 0 aliphatic heterocycles. The first kappa shape index (κ1) is 13.7. The Bertz CT molecular complexity index is 566. The summed E-state index contributed by atoms with van der Waals surface area (Å²) in [6.07, 6.45) is 2.60. The molecule has 0 aliphatic rings. The molecule has 2 rings (SSSR count). The minimum absolute atomic E-state index is 0.0994. The molecule has 0 aliphatic carbocycles. The van der Waals surface area contributed by atoms with Crippen molar-refractivity contribution in [2.45, 2.75) is 26.3 Å². The van der Waals surface area contributed by atoms with Gasteiger partial charge < -0.3 is 5.32 Å². The first-order chi connectivity index (χ1) is 9.10. The molecule has 1 N–H and O–H groups in total. The summed E-state index contributed by atoms with van der Waals surface area (Å²) in [7, 11) is 1.91. The van der Waals surface area contributed by atoms with Gasteiger partial charge in [-0.3, -0.25) is 4.98 Å². The van der Waals surface area contributed by atoms with Gasteiger partial charge in [0.25, 0.3) is 0 Å². The minimum atomic E-state index is -0.194. The highest BCUT2D eigenvalue weighted by Crippen LogP contribution is 2.20. The summed E-state index contributed by atoms with van der Waals surface area (Å²) >= 11 is 0. The molecule has 3 heteroatoms. The van der Waals surface area contributed by atoms with Crippen LogP contribution in [-0.2, 0) is 6.42 Å². The maximum atomic E-state index is 13.2. The summed E-state index contributed by atoms with van der Waals surface area (Å²) in [5.41, 5.74) is 4.32. The Balaban J connectivity index is 2.25. The maximum Gasteiger partial charge on any atom is 0.123 e. The van der Waals surface area contributed by atoms with E-state index in [9.17, 15) is 4.39 Å². The fourth-order valence-electron chi connectivity index (χ4n) is 2.33. The van der Waals surface area contributed by atoms with Gasteiger partial charge in [0.1, 0.15) is 5.82 Å². The molecular formula is C16H19FN2. The zero-order valence-corrected chi connectivity index (χ0v) is 11.6. The largest absolute Gasteiger partial charge is 0.311 e. The van der Waals surface area contributed by atoms with E-state index >= 15 is 0 Å². The number of likely N-dealkylation sites (N-methyl/N-ethyl adjacent to an activating group) is 1. The van der Waals surface area contributed by atoms with Crippen molar-refractivity contribution in [2.24, 2.45) is 0 Å². The van der Waals surface area contributed by atoms with Crippen molar-refractivity contribution in [1.82, 2.24) is 10.3 Å². The lowest BCUT2D eigenvalue weighted by molar-refractivity contribution is 0.567. The number of nitrogens with zero attached hydrogens (tertiary/aromatic N) is 1. The Labute approximate surface area is 113 Å². The summed E-state index contributed by atoms with van der Waals surface area (Å²) in [5.74, 6) is -0.194. The Morgan fingerprint density at radius 3 is 2.68 bits per heavy atom. The lowest BCUT2D eigenvalue weighted by Gasteiger charge is -2.18. The maximum absolute atomic E-state index is 13.2. The van der Waals surface area contributed by atoms with Crippen molar-refractivity contribution in [3.05, 3.63) is 64.7 Å². The van der Waals surface area contributed by atoms with E-state index in [4.69, 9.17) is 0 Å². The van der Waals surface area contributed by atoms with Crippen molar-refractivity contribution in [2.75, 3.05) is 7.05 Å². The van der Waals surface area contributed by atoms with Gasteiger partial charge in [-0.25, -0.2) is 4.39 Å². The first-order valence-corrected chi connectivity index (χ1v) is 6.45. The third kappa shape index (κ3) is 3.38. The van der Waals surface area contributed by atoms with Crippen LogP contribution in [0.3, 0.4) is 0 Å². The van der Waals surface area contributed by atoms with Gasteiger partial charge in [-0.15, -0.1) is 0 Å². The standard InChI is InChI=1S/C16H19FN2/c1-11-7-12(2)16(19-10-11)15(18-3)9-13-5-4-6-14(17)8-13/h4-8,10,15,18H,9H2,1-3H3. The van der Waals surface area contributed by atoms with Gasteiger partial charge in [0.15, 0.2) is 0 Å². The molecule has 100 valence electrons. The van der Waals surface area contributed by atoms with E-state index < -0.39 is 0 Å². The molecule has 0 radical (unpaired) electrons. The van der Waals surface area contributed by atoms with E-state index in [1.54, 1.807) is 12.1 Å². The van der Waals surface area contributed by atoms with Crippen LogP contribution >= 0.6 is 0 Å². The second-order valence-electron chi connectivity index (χ2n) is 4.89. The molecule has 19 heavy (non-hydrogen) atoms. The molecular weight excluding hydrogens is 239 g/mol. The quantitative estimate of drug-likeness (QED) is 0.909. The number of rotatable bonds is 4. The first-order valence-electron chi connectivity index (χ1n) is 6.45. The molecule has 0 bridgehead atoms. The number of benzene rings is 1. The van der Waals surface area contributed by atoms with E-state index in [2.05, 4.69) is 23.3 Å². The minimum Gasteiger partial charge on any atom is -0.311 e. The van der Waals surface area contributed by atoms with Gasteiger partial charge in [-0.2, -0.15) is 0 Å². The molecule has 1 heterocycles. The SMILES string of the molecule is CNC(Cc1cccc(F)c1)c1ncc(C)cc1C. The molecule has 0 fully saturated rings. The Morgan fingerprint density at radius 2 is 2.05 bits per heavy atom. The van der Waals surface area contributed by atoms with Crippen LogP contribution in [0, 0.1) is 19.7 Å². The van der Waals surface area contributed by atoms with Crippen LogP contribution in [0.5, 0.6) is 0 Å². The second kappa shape index (κ2) is 5.93. The molecule has 0 amide bonds. The normalized spacial score (nSPS) is 12.4. The van der Waals surface area contributed by atoms with E-state index in [-0.39, 0.29) is 11.9 Å². The zero-order chi connectivity index (χ0) is 13.8. The number of aryl methyl sites for hydroxylation is 2. The summed E-state index contributed by atoms with van der Waals surface area (Å²) in [6.45, 7) is 4.09. The molecule has 1 unspecified atom stereocenters. The number of hydrogen-bond acceptors (Lipinski definition) is 2. The molecule has 1 atom stereocenters. The molecule has 2 nitrogen and oxygen atoms in total. The van der Waals surface area contributed by atoms with Crippen LogP contribution in [0.2, 0.25) is 0 Å². The van der Waals surface area contributed by atoms with Gasteiger partial charge in [0, 0.05) is 6.20 Å². The Morgan fingerprint density at radius 1 is 1.26 bits per heavy atom. The summed E-state index contributed by atoms with van der Waals surface area (Å²) < 4.78 is 13.2. The van der Waals surface area contributed by atoms with Crippen LogP contribution in [0.1, 0.15) is 28.4 Å². The number of hydrogen-bond donors (Lipinski definition) is 1. The summed E-state index contributed by atoms with van der Waals surface area (Å²) in [5, 5.41) is 3.26. The van der Waals surface area contributed by atoms with Gasteiger partial charge in [0.05, 0.1) is 11.7 Å². The number of aromatic nitrogens is 1. The van der Waals surface area contributed by atoms with Crippen LogP contribution in [-0.4, -0.2) is 12.0 Å². The van der Waals surface area contributed by atoms with Crippen LogP contribution in [0.25, 0.3) is 0 Å². The topological polar surface area (TPSA) is 24.9 Å². The van der Waals surface area contributed by atoms with Gasteiger partial charge in [0.2, 0.25) is 0 Å². The summed E-state index contributed by atoms with van der Waals surface area (Å²) in [4.78, 5) is 4.51. The van der Waals surface area contributed by atoms with Crippen LogP contribution in [0.15, 0.2) is 36.5 Å². The van der Waals surface area contributed by atoms with Crippen molar-refractivity contribution < 1.29 is 4.39 Å². The van der Waals surface area contributed by atoms with Crippen LogP contribution < -0.4 is 5.32 Å². The summed E-state index contributed by atoms with van der Waals surface area (Å²) in [6, 6.07) is 8.95. The molecule has 0 saturated carbocycles.